The molecule has 1 amide bonds. The molecular formula is C15H14N2O3. The largest absolute Gasteiger partial charge is 0.478 e. The van der Waals surface area contributed by atoms with Gasteiger partial charge in [-0.2, -0.15) is 0 Å². The molecule has 2 rings (SSSR count). The molecule has 0 spiro atoms. The number of hydrogen-bond acceptors (Lipinski definition) is 3. The predicted octanol–water partition coefficient (Wildman–Crippen LogP) is 2.44. The molecule has 0 heterocycles. The first-order valence-electron chi connectivity index (χ1n) is 6.07. The summed E-state index contributed by atoms with van der Waals surface area (Å²) < 4.78 is 0. The van der Waals surface area contributed by atoms with Crippen LogP contribution in [0.25, 0.3) is 0 Å². The van der Waals surface area contributed by atoms with Crippen LogP contribution in [-0.2, 0) is 4.79 Å². The summed E-state index contributed by atoms with van der Waals surface area (Å²) in [6.07, 6.45) is 0. The zero-order valence-corrected chi connectivity index (χ0v) is 10.7. The van der Waals surface area contributed by atoms with Crippen LogP contribution >= 0.6 is 0 Å². The van der Waals surface area contributed by atoms with Gasteiger partial charge in [0.05, 0.1) is 12.1 Å². The van der Waals surface area contributed by atoms with E-state index >= 15 is 0 Å². The lowest BCUT2D eigenvalue weighted by atomic mass is 10.2. The van der Waals surface area contributed by atoms with Gasteiger partial charge in [-0.25, -0.2) is 4.79 Å². The zero-order chi connectivity index (χ0) is 14.4. The molecule has 0 radical (unpaired) electrons. The van der Waals surface area contributed by atoms with E-state index in [1.54, 1.807) is 24.3 Å². The number of benzene rings is 2. The molecule has 0 aliphatic heterocycles. The number of nitrogens with one attached hydrogen (secondary N) is 2. The summed E-state index contributed by atoms with van der Waals surface area (Å²) in [6.45, 7) is 0.112. The SMILES string of the molecule is O=C(CNc1ccc(C(=O)O)cc1)Nc1ccccc1. The molecule has 20 heavy (non-hydrogen) atoms. The Morgan fingerprint density at radius 3 is 2.15 bits per heavy atom. The highest BCUT2D eigenvalue weighted by molar-refractivity contribution is 5.93. The van der Waals surface area contributed by atoms with E-state index < -0.39 is 5.97 Å². The standard InChI is InChI=1S/C15H14N2O3/c18-14(17-13-4-2-1-3-5-13)10-16-12-8-6-11(7-9-12)15(19)20/h1-9,16H,10H2,(H,17,18)(H,19,20). The highest BCUT2D eigenvalue weighted by Crippen LogP contribution is 2.09. The fraction of sp³-hybridized carbons (Fsp3) is 0.0667. The maximum atomic E-state index is 11.7. The Balaban J connectivity index is 1.85. The van der Waals surface area contributed by atoms with E-state index in [9.17, 15) is 9.59 Å². The molecule has 0 unspecified atom stereocenters. The molecule has 102 valence electrons. The van der Waals surface area contributed by atoms with Gasteiger partial charge in [0.25, 0.3) is 0 Å². The van der Waals surface area contributed by atoms with E-state index in [0.29, 0.717) is 5.69 Å². The maximum Gasteiger partial charge on any atom is 0.335 e. The quantitative estimate of drug-likeness (QED) is 0.779. The van der Waals surface area contributed by atoms with Crippen LogP contribution in [0, 0.1) is 0 Å². The van der Waals surface area contributed by atoms with Crippen molar-refractivity contribution in [2.45, 2.75) is 0 Å². The summed E-state index contributed by atoms with van der Waals surface area (Å²) in [4.78, 5) is 22.4. The number of para-hydroxylation sites is 1. The minimum Gasteiger partial charge on any atom is -0.478 e. The van der Waals surface area contributed by atoms with Gasteiger partial charge in [-0.15, -0.1) is 0 Å². The van der Waals surface area contributed by atoms with Gasteiger partial charge in [0.2, 0.25) is 5.91 Å². The summed E-state index contributed by atoms with van der Waals surface area (Å²) in [7, 11) is 0. The molecule has 5 heteroatoms. The van der Waals surface area contributed by atoms with Crippen molar-refractivity contribution >= 4 is 23.3 Å². The molecule has 3 N–H and O–H groups in total. The first kappa shape index (κ1) is 13.6. The van der Waals surface area contributed by atoms with Crippen molar-refractivity contribution in [2.75, 3.05) is 17.2 Å². The molecule has 5 nitrogen and oxygen atoms in total. The van der Waals surface area contributed by atoms with Crippen LogP contribution < -0.4 is 10.6 Å². The summed E-state index contributed by atoms with van der Waals surface area (Å²) in [6, 6.07) is 15.4. The molecule has 0 aliphatic rings. The Labute approximate surface area is 116 Å². The third-order valence-corrected chi connectivity index (χ3v) is 2.64. The lowest BCUT2D eigenvalue weighted by Crippen LogP contribution is -2.21. The average Bonchev–Trinajstić information content (AvgIpc) is 2.46. The molecule has 0 fully saturated rings. The number of carboxylic acids is 1. The van der Waals surface area contributed by atoms with Gasteiger partial charge in [0.15, 0.2) is 0 Å². The van der Waals surface area contributed by atoms with Gasteiger partial charge in [-0.3, -0.25) is 4.79 Å². The topological polar surface area (TPSA) is 78.4 Å². The lowest BCUT2D eigenvalue weighted by molar-refractivity contribution is -0.114. The van der Waals surface area contributed by atoms with Crippen LogP contribution in [0.2, 0.25) is 0 Å². The van der Waals surface area contributed by atoms with E-state index in [2.05, 4.69) is 10.6 Å². The molecule has 2 aromatic rings. The van der Waals surface area contributed by atoms with Gasteiger partial charge in [-0.1, -0.05) is 18.2 Å². The molecule has 0 saturated carbocycles. The number of amides is 1. The van der Waals surface area contributed by atoms with Crippen molar-refractivity contribution in [3.63, 3.8) is 0 Å². The molecule has 0 atom stereocenters. The van der Waals surface area contributed by atoms with Crippen molar-refractivity contribution in [2.24, 2.45) is 0 Å². The van der Waals surface area contributed by atoms with Crippen LogP contribution in [0.5, 0.6) is 0 Å². The summed E-state index contributed by atoms with van der Waals surface area (Å²) in [5.41, 5.74) is 1.64. The third kappa shape index (κ3) is 3.84. The van der Waals surface area contributed by atoms with Crippen LogP contribution in [0.3, 0.4) is 0 Å². The molecule has 0 aliphatic carbocycles. The second-order valence-electron chi connectivity index (χ2n) is 4.15. The second-order valence-corrected chi connectivity index (χ2v) is 4.15. The van der Waals surface area contributed by atoms with Gasteiger partial charge >= 0.3 is 5.97 Å². The van der Waals surface area contributed by atoms with Crippen molar-refractivity contribution < 1.29 is 14.7 Å². The summed E-state index contributed by atoms with van der Waals surface area (Å²) in [5.74, 6) is -1.14. The lowest BCUT2D eigenvalue weighted by Gasteiger charge is -2.07. The number of carbonyl (C=O) groups excluding carboxylic acids is 1. The molecule has 0 bridgehead atoms. The number of aromatic carboxylic acids is 1. The van der Waals surface area contributed by atoms with Crippen molar-refractivity contribution in [1.82, 2.24) is 0 Å². The van der Waals surface area contributed by atoms with Crippen molar-refractivity contribution in [3.05, 3.63) is 60.2 Å². The van der Waals surface area contributed by atoms with E-state index in [1.165, 1.54) is 12.1 Å². The van der Waals surface area contributed by atoms with E-state index in [4.69, 9.17) is 5.11 Å². The third-order valence-electron chi connectivity index (χ3n) is 2.64. The molecule has 0 saturated heterocycles. The Kier molecular flexibility index (Phi) is 4.34. The van der Waals surface area contributed by atoms with Crippen LogP contribution in [-0.4, -0.2) is 23.5 Å². The van der Waals surface area contributed by atoms with Gasteiger partial charge in [0.1, 0.15) is 0 Å². The Morgan fingerprint density at radius 2 is 1.55 bits per heavy atom. The smallest absolute Gasteiger partial charge is 0.335 e. The monoisotopic (exact) mass is 270 g/mol. The zero-order valence-electron chi connectivity index (χ0n) is 10.7. The highest BCUT2D eigenvalue weighted by Gasteiger charge is 2.04. The van der Waals surface area contributed by atoms with Crippen molar-refractivity contribution in [1.29, 1.82) is 0 Å². The predicted molar refractivity (Wildman–Crippen MR) is 77.0 cm³/mol. The minimum absolute atomic E-state index is 0.112. The maximum absolute atomic E-state index is 11.7. The Bertz CT molecular complexity index is 594. The average molecular weight is 270 g/mol. The number of carbonyl (C=O) groups is 2. The van der Waals surface area contributed by atoms with Crippen molar-refractivity contribution in [3.8, 4) is 0 Å². The summed E-state index contributed by atoms with van der Waals surface area (Å²) in [5, 5.41) is 14.4. The summed E-state index contributed by atoms with van der Waals surface area (Å²) >= 11 is 0. The Morgan fingerprint density at radius 1 is 0.900 bits per heavy atom. The van der Waals surface area contributed by atoms with E-state index in [-0.39, 0.29) is 18.0 Å². The number of rotatable bonds is 5. The molecule has 2 aromatic carbocycles. The molecular weight excluding hydrogens is 256 g/mol. The van der Waals surface area contributed by atoms with E-state index in [0.717, 1.165) is 5.69 Å². The second kappa shape index (κ2) is 6.38. The first-order valence-corrected chi connectivity index (χ1v) is 6.07. The van der Waals surface area contributed by atoms with Crippen LogP contribution in [0.4, 0.5) is 11.4 Å². The van der Waals surface area contributed by atoms with Crippen LogP contribution in [0.15, 0.2) is 54.6 Å². The highest BCUT2D eigenvalue weighted by atomic mass is 16.4. The van der Waals surface area contributed by atoms with Crippen LogP contribution in [0.1, 0.15) is 10.4 Å². The Hall–Kier alpha value is -2.82. The van der Waals surface area contributed by atoms with Gasteiger partial charge < -0.3 is 15.7 Å². The normalized spacial score (nSPS) is 9.80. The fourth-order valence-electron chi connectivity index (χ4n) is 1.64. The fourth-order valence-corrected chi connectivity index (χ4v) is 1.64. The van der Waals surface area contributed by atoms with Gasteiger partial charge in [0, 0.05) is 11.4 Å². The number of carboxylic acid groups (broad SMARTS) is 1. The van der Waals surface area contributed by atoms with Gasteiger partial charge in [-0.05, 0) is 36.4 Å². The first-order chi connectivity index (χ1) is 9.65. The number of anilines is 2. The molecule has 0 aromatic heterocycles. The number of hydrogen-bond donors (Lipinski definition) is 3. The minimum atomic E-state index is -0.974. The van der Waals surface area contributed by atoms with E-state index in [1.807, 2.05) is 18.2 Å².